The molecule has 0 aliphatic carbocycles. The normalized spacial score (nSPS) is 10.5. The Morgan fingerprint density at radius 2 is 1.50 bits per heavy atom. The van der Waals surface area contributed by atoms with Crippen LogP contribution >= 0.6 is 0 Å². The summed E-state index contributed by atoms with van der Waals surface area (Å²) in [7, 11) is 0. The van der Waals surface area contributed by atoms with Crippen molar-refractivity contribution in [1.82, 2.24) is 0 Å². The Hall–Kier alpha value is -3.99. The first-order valence-electron chi connectivity index (χ1n) is 9.42. The standard InChI is InChI=1S/C22H24N4O4/c1-4-29-20-11-10-19(12-21(20)30-5-2)24-14-16(13-23)22(28)26-18-8-6-17(7-9-18)25-15(3)27/h6-12,14,24H,4-5H2,1-3H3,(H,25,27)(H,26,28)/b16-14-. The van der Waals surface area contributed by atoms with E-state index in [1.54, 1.807) is 42.5 Å². The van der Waals surface area contributed by atoms with Crippen LogP contribution < -0.4 is 25.4 Å². The zero-order valence-electron chi connectivity index (χ0n) is 17.1. The zero-order valence-corrected chi connectivity index (χ0v) is 17.1. The first kappa shape index (κ1) is 22.3. The highest BCUT2D eigenvalue weighted by molar-refractivity contribution is 6.06. The third-order valence-corrected chi connectivity index (χ3v) is 3.75. The van der Waals surface area contributed by atoms with Gasteiger partial charge < -0.3 is 25.4 Å². The molecule has 2 rings (SSSR count). The van der Waals surface area contributed by atoms with Crippen LogP contribution in [0.1, 0.15) is 20.8 Å². The predicted octanol–water partition coefficient (Wildman–Crippen LogP) is 3.90. The fraction of sp³-hybridized carbons (Fsp3) is 0.227. The number of rotatable bonds is 9. The van der Waals surface area contributed by atoms with E-state index >= 15 is 0 Å². The molecular formula is C22H24N4O4. The molecule has 0 saturated carbocycles. The summed E-state index contributed by atoms with van der Waals surface area (Å²) in [6.07, 6.45) is 1.33. The van der Waals surface area contributed by atoms with Gasteiger partial charge in [0.25, 0.3) is 5.91 Å². The second-order valence-electron chi connectivity index (χ2n) is 6.05. The van der Waals surface area contributed by atoms with Crippen molar-refractivity contribution in [3.63, 3.8) is 0 Å². The molecule has 0 fully saturated rings. The van der Waals surface area contributed by atoms with Crippen LogP contribution in [0, 0.1) is 11.3 Å². The molecule has 30 heavy (non-hydrogen) atoms. The number of nitrogens with zero attached hydrogens (tertiary/aromatic N) is 1. The minimum Gasteiger partial charge on any atom is -0.490 e. The second kappa shape index (κ2) is 11.1. The van der Waals surface area contributed by atoms with Gasteiger partial charge in [-0.05, 0) is 50.2 Å². The number of ether oxygens (including phenoxy) is 2. The Labute approximate surface area is 175 Å². The van der Waals surface area contributed by atoms with Crippen LogP contribution in [0.25, 0.3) is 0 Å². The maximum atomic E-state index is 12.4. The van der Waals surface area contributed by atoms with Crippen LogP contribution in [-0.2, 0) is 9.59 Å². The fourth-order valence-electron chi connectivity index (χ4n) is 2.48. The third kappa shape index (κ3) is 6.56. The van der Waals surface area contributed by atoms with Crippen molar-refractivity contribution < 1.29 is 19.1 Å². The Balaban J connectivity index is 2.08. The minimum absolute atomic E-state index is 0.104. The number of hydrogen-bond donors (Lipinski definition) is 3. The molecule has 0 aliphatic heterocycles. The van der Waals surface area contributed by atoms with E-state index in [0.29, 0.717) is 41.8 Å². The number of amides is 2. The van der Waals surface area contributed by atoms with Crippen LogP contribution in [0.2, 0.25) is 0 Å². The monoisotopic (exact) mass is 408 g/mol. The van der Waals surface area contributed by atoms with Gasteiger partial charge in [0, 0.05) is 36.3 Å². The maximum Gasteiger partial charge on any atom is 0.267 e. The lowest BCUT2D eigenvalue weighted by Gasteiger charge is -2.12. The van der Waals surface area contributed by atoms with E-state index in [-0.39, 0.29) is 11.5 Å². The lowest BCUT2D eigenvalue weighted by molar-refractivity contribution is -0.114. The Kier molecular flexibility index (Phi) is 8.27. The number of nitriles is 1. The van der Waals surface area contributed by atoms with Gasteiger partial charge in [0.05, 0.1) is 13.2 Å². The molecule has 2 amide bonds. The largest absolute Gasteiger partial charge is 0.490 e. The zero-order chi connectivity index (χ0) is 21.9. The van der Waals surface area contributed by atoms with Crippen molar-refractivity contribution >= 4 is 28.9 Å². The van der Waals surface area contributed by atoms with Crippen molar-refractivity contribution in [2.24, 2.45) is 0 Å². The average molecular weight is 408 g/mol. The molecule has 2 aromatic rings. The summed E-state index contributed by atoms with van der Waals surface area (Å²) in [5, 5.41) is 17.5. The lowest BCUT2D eigenvalue weighted by atomic mass is 10.2. The minimum atomic E-state index is -0.562. The summed E-state index contributed by atoms with van der Waals surface area (Å²) in [6, 6.07) is 13.7. The average Bonchev–Trinajstić information content (AvgIpc) is 2.71. The van der Waals surface area contributed by atoms with Crippen molar-refractivity contribution in [2.45, 2.75) is 20.8 Å². The van der Waals surface area contributed by atoms with Crippen LogP contribution in [-0.4, -0.2) is 25.0 Å². The highest BCUT2D eigenvalue weighted by atomic mass is 16.5. The van der Waals surface area contributed by atoms with Crippen molar-refractivity contribution in [1.29, 1.82) is 5.26 Å². The molecule has 0 spiro atoms. The maximum absolute atomic E-state index is 12.4. The van der Waals surface area contributed by atoms with Crippen LogP contribution in [0.4, 0.5) is 17.1 Å². The molecule has 156 valence electrons. The molecule has 0 aliphatic rings. The number of nitrogens with one attached hydrogen (secondary N) is 3. The number of carbonyl (C=O) groups excluding carboxylic acids is 2. The van der Waals surface area contributed by atoms with Crippen molar-refractivity contribution in [3.8, 4) is 17.6 Å². The van der Waals surface area contributed by atoms with Gasteiger partial charge in [-0.1, -0.05) is 0 Å². The lowest BCUT2D eigenvalue weighted by Crippen LogP contribution is -2.14. The molecule has 0 radical (unpaired) electrons. The number of anilines is 3. The van der Waals surface area contributed by atoms with Crippen molar-refractivity contribution in [2.75, 3.05) is 29.2 Å². The smallest absolute Gasteiger partial charge is 0.267 e. The van der Waals surface area contributed by atoms with E-state index in [2.05, 4.69) is 16.0 Å². The highest BCUT2D eigenvalue weighted by Gasteiger charge is 2.10. The molecule has 3 N–H and O–H groups in total. The van der Waals surface area contributed by atoms with Gasteiger partial charge in [-0.15, -0.1) is 0 Å². The molecule has 0 unspecified atom stereocenters. The number of hydrogen-bond acceptors (Lipinski definition) is 6. The van der Waals surface area contributed by atoms with Gasteiger partial charge in [0.15, 0.2) is 11.5 Å². The van der Waals surface area contributed by atoms with Gasteiger partial charge in [-0.3, -0.25) is 9.59 Å². The summed E-state index contributed by atoms with van der Waals surface area (Å²) in [5.41, 5.74) is 1.64. The van der Waals surface area contributed by atoms with Crippen LogP contribution in [0.15, 0.2) is 54.2 Å². The molecule has 2 aromatic carbocycles. The molecule has 0 saturated heterocycles. The third-order valence-electron chi connectivity index (χ3n) is 3.75. The summed E-state index contributed by atoms with van der Waals surface area (Å²) in [4.78, 5) is 23.4. The molecule has 0 bridgehead atoms. The number of benzene rings is 2. The molecule has 8 heteroatoms. The topological polar surface area (TPSA) is 112 Å². The fourth-order valence-corrected chi connectivity index (χ4v) is 2.48. The molecule has 0 heterocycles. The van der Waals surface area contributed by atoms with Gasteiger partial charge in [-0.2, -0.15) is 5.26 Å². The van der Waals surface area contributed by atoms with Gasteiger partial charge in [0.2, 0.25) is 5.91 Å². The summed E-state index contributed by atoms with van der Waals surface area (Å²) >= 11 is 0. The molecule has 0 aromatic heterocycles. The summed E-state index contributed by atoms with van der Waals surface area (Å²) in [5.74, 6) is 0.442. The Bertz CT molecular complexity index is 962. The first-order valence-corrected chi connectivity index (χ1v) is 9.42. The van der Waals surface area contributed by atoms with E-state index in [1.165, 1.54) is 13.1 Å². The Morgan fingerprint density at radius 1 is 0.933 bits per heavy atom. The van der Waals surface area contributed by atoms with E-state index in [0.717, 1.165) is 0 Å². The van der Waals surface area contributed by atoms with E-state index < -0.39 is 5.91 Å². The van der Waals surface area contributed by atoms with E-state index in [9.17, 15) is 14.9 Å². The van der Waals surface area contributed by atoms with Crippen LogP contribution in [0.5, 0.6) is 11.5 Å². The molecule has 8 nitrogen and oxygen atoms in total. The molecular weight excluding hydrogens is 384 g/mol. The van der Waals surface area contributed by atoms with Crippen molar-refractivity contribution in [3.05, 3.63) is 54.2 Å². The second-order valence-corrected chi connectivity index (χ2v) is 6.05. The van der Waals surface area contributed by atoms with E-state index in [4.69, 9.17) is 9.47 Å². The Morgan fingerprint density at radius 3 is 2.07 bits per heavy atom. The van der Waals surface area contributed by atoms with Gasteiger partial charge >= 0.3 is 0 Å². The van der Waals surface area contributed by atoms with E-state index in [1.807, 2.05) is 19.9 Å². The summed E-state index contributed by atoms with van der Waals surface area (Å²) in [6.45, 7) is 6.16. The highest BCUT2D eigenvalue weighted by Crippen LogP contribution is 2.30. The number of carbonyl (C=O) groups is 2. The van der Waals surface area contributed by atoms with Gasteiger partial charge in [0.1, 0.15) is 11.6 Å². The SMILES string of the molecule is CCOc1ccc(N/C=C(/C#N)C(=O)Nc2ccc(NC(C)=O)cc2)cc1OCC. The predicted molar refractivity (Wildman–Crippen MR) is 115 cm³/mol. The van der Waals surface area contributed by atoms with Crippen LogP contribution in [0.3, 0.4) is 0 Å². The quantitative estimate of drug-likeness (QED) is 0.428. The van der Waals surface area contributed by atoms with Gasteiger partial charge in [-0.25, -0.2) is 0 Å². The summed E-state index contributed by atoms with van der Waals surface area (Å²) < 4.78 is 11.1. The first-order chi connectivity index (χ1) is 14.5. The molecule has 0 atom stereocenters.